The average molecular weight is 282 g/mol. The van der Waals surface area contributed by atoms with Crippen LogP contribution in [0.4, 0.5) is 5.82 Å². The lowest BCUT2D eigenvalue weighted by Crippen LogP contribution is -2.28. The molecule has 8 heteroatoms. The Morgan fingerprint density at radius 3 is 2.95 bits per heavy atom. The third kappa shape index (κ3) is 2.88. The third-order valence-corrected chi connectivity index (χ3v) is 3.14. The lowest BCUT2D eigenvalue weighted by atomic mass is 10.2. The van der Waals surface area contributed by atoms with Crippen molar-refractivity contribution in [2.45, 2.75) is 24.9 Å². The van der Waals surface area contributed by atoms with Gasteiger partial charge in [-0.3, -0.25) is 4.57 Å². The van der Waals surface area contributed by atoms with Gasteiger partial charge in [0, 0.05) is 24.7 Å². The minimum Gasteiger partial charge on any atom is -0.394 e. The van der Waals surface area contributed by atoms with Gasteiger partial charge >= 0.3 is 5.69 Å². The van der Waals surface area contributed by atoms with E-state index in [1.54, 1.807) is 12.2 Å². The van der Waals surface area contributed by atoms with Crippen LogP contribution >= 0.6 is 0 Å². The summed E-state index contributed by atoms with van der Waals surface area (Å²) < 4.78 is 6.68. The van der Waals surface area contributed by atoms with Crippen molar-refractivity contribution in [3.63, 3.8) is 0 Å². The van der Waals surface area contributed by atoms with E-state index < -0.39 is 24.1 Å². The molecule has 1 fully saturated rings. The number of nitrogens with zero attached hydrogens (tertiary/aromatic N) is 2. The van der Waals surface area contributed by atoms with Crippen LogP contribution < -0.4 is 17.2 Å². The molecule has 0 spiro atoms. The fourth-order valence-electron chi connectivity index (χ4n) is 2.08. The zero-order valence-corrected chi connectivity index (χ0v) is 10.8. The number of aliphatic hydroxyl groups is 2. The zero-order valence-electron chi connectivity index (χ0n) is 10.8. The lowest BCUT2D eigenvalue weighted by Gasteiger charge is -2.15. The molecule has 1 aromatic heterocycles. The molecule has 20 heavy (non-hydrogen) atoms. The quantitative estimate of drug-likeness (QED) is 0.524. The number of aromatic nitrogens is 2. The molecule has 2 heterocycles. The first-order chi connectivity index (χ1) is 9.56. The Bertz CT molecular complexity index is 557. The van der Waals surface area contributed by atoms with E-state index in [0.717, 1.165) is 0 Å². The first kappa shape index (κ1) is 14.7. The van der Waals surface area contributed by atoms with Gasteiger partial charge in [-0.05, 0) is 0 Å². The van der Waals surface area contributed by atoms with Crippen LogP contribution in [0.3, 0.4) is 0 Å². The van der Waals surface area contributed by atoms with Gasteiger partial charge in [0.15, 0.2) is 0 Å². The second-order valence-corrected chi connectivity index (χ2v) is 4.52. The maximum absolute atomic E-state index is 11.9. The first-order valence-corrected chi connectivity index (χ1v) is 6.26. The van der Waals surface area contributed by atoms with Gasteiger partial charge in [-0.15, -0.1) is 0 Å². The predicted molar refractivity (Wildman–Crippen MR) is 72.6 cm³/mol. The van der Waals surface area contributed by atoms with Crippen molar-refractivity contribution in [3.05, 3.63) is 28.3 Å². The molecule has 110 valence electrons. The van der Waals surface area contributed by atoms with Crippen molar-refractivity contribution in [1.29, 1.82) is 0 Å². The number of ether oxygens (including phenoxy) is 1. The van der Waals surface area contributed by atoms with Crippen LogP contribution in [0.1, 0.15) is 18.2 Å². The van der Waals surface area contributed by atoms with E-state index >= 15 is 0 Å². The van der Waals surface area contributed by atoms with Crippen LogP contribution in [0, 0.1) is 0 Å². The summed E-state index contributed by atoms with van der Waals surface area (Å²) in [5.74, 6) is 0.105. The minimum absolute atomic E-state index is 0.105. The highest BCUT2D eigenvalue weighted by atomic mass is 16.5. The molecule has 3 atom stereocenters. The largest absolute Gasteiger partial charge is 0.394 e. The minimum atomic E-state index is -0.822. The summed E-state index contributed by atoms with van der Waals surface area (Å²) in [6.07, 6.45) is 2.86. The molecule has 1 aliphatic heterocycles. The number of aliphatic hydroxyl groups excluding tert-OH is 2. The molecule has 0 aromatic carbocycles. The molecule has 0 radical (unpaired) electrons. The number of anilines is 1. The number of hydrogen-bond donors (Lipinski definition) is 4. The Morgan fingerprint density at radius 1 is 1.60 bits per heavy atom. The highest BCUT2D eigenvalue weighted by Gasteiger charge is 2.35. The van der Waals surface area contributed by atoms with Crippen LogP contribution in [0.2, 0.25) is 0 Å². The van der Waals surface area contributed by atoms with E-state index in [-0.39, 0.29) is 18.8 Å². The Morgan fingerprint density at radius 2 is 2.35 bits per heavy atom. The third-order valence-electron chi connectivity index (χ3n) is 3.14. The standard InChI is InChI=1S/C12H18N4O4/c13-3-1-2-7-5-16(12(19)15-11(7)14)10-4-8(18)9(6-17)20-10/h1-2,5,8-10,17-18H,3-4,6,13H2,(H2,14,15,19)/t8-,9-,10-/m1/s1. The Balaban J connectivity index is 2.32. The number of nitrogen functional groups attached to an aromatic ring is 1. The monoisotopic (exact) mass is 282 g/mol. The molecule has 0 amide bonds. The van der Waals surface area contributed by atoms with Gasteiger partial charge in [0.25, 0.3) is 0 Å². The Labute approximate surface area is 115 Å². The van der Waals surface area contributed by atoms with Gasteiger partial charge in [-0.25, -0.2) is 4.79 Å². The van der Waals surface area contributed by atoms with Gasteiger partial charge in [-0.1, -0.05) is 12.2 Å². The van der Waals surface area contributed by atoms with Crippen molar-refractivity contribution < 1.29 is 14.9 Å². The number of hydrogen-bond acceptors (Lipinski definition) is 7. The van der Waals surface area contributed by atoms with E-state index in [1.807, 2.05) is 0 Å². The fraction of sp³-hybridized carbons (Fsp3) is 0.500. The number of rotatable bonds is 4. The van der Waals surface area contributed by atoms with Crippen molar-refractivity contribution in [1.82, 2.24) is 9.55 Å². The lowest BCUT2D eigenvalue weighted by molar-refractivity contribution is -0.0458. The smallest absolute Gasteiger partial charge is 0.351 e. The van der Waals surface area contributed by atoms with Gasteiger partial charge in [0.2, 0.25) is 0 Å². The molecule has 1 saturated heterocycles. The van der Waals surface area contributed by atoms with E-state index in [4.69, 9.17) is 21.3 Å². The van der Waals surface area contributed by atoms with Gasteiger partial charge in [0.1, 0.15) is 18.1 Å². The maximum Gasteiger partial charge on any atom is 0.351 e. The summed E-state index contributed by atoms with van der Waals surface area (Å²) in [6, 6.07) is 0. The zero-order chi connectivity index (χ0) is 14.7. The van der Waals surface area contributed by atoms with Crippen molar-refractivity contribution in [3.8, 4) is 0 Å². The van der Waals surface area contributed by atoms with Crippen LogP contribution in [0.5, 0.6) is 0 Å². The molecule has 2 rings (SSSR count). The van der Waals surface area contributed by atoms with Gasteiger partial charge < -0.3 is 26.4 Å². The average Bonchev–Trinajstić information content (AvgIpc) is 2.79. The van der Waals surface area contributed by atoms with Crippen LogP contribution in [-0.2, 0) is 4.74 Å². The highest BCUT2D eigenvalue weighted by Crippen LogP contribution is 2.27. The summed E-state index contributed by atoms with van der Waals surface area (Å²) >= 11 is 0. The van der Waals surface area contributed by atoms with E-state index in [0.29, 0.717) is 12.1 Å². The van der Waals surface area contributed by atoms with Crippen molar-refractivity contribution in [2.75, 3.05) is 18.9 Å². The molecular weight excluding hydrogens is 264 g/mol. The Kier molecular flexibility index (Phi) is 4.50. The summed E-state index contributed by atoms with van der Waals surface area (Å²) in [4.78, 5) is 15.6. The van der Waals surface area contributed by atoms with Gasteiger partial charge in [0.05, 0.1) is 12.7 Å². The molecule has 0 aliphatic carbocycles. The molecular formula is C12H18N4O4. The molecule has 8 nitrogen and oxygen atoms in total. The second kappa shape index (κ2) is 6.14. The predicted octanol–water partition coefficient (Wildman–Crippen LogP) is -1.56. The van der Waals surface area contributed by atoms with Crippen LogP contribution in [0.25, 0.3) is 6.08 Å². The summed E-state index contributed by atoms with van der Waals surface area (Å²) in [5.41, 5.74) is 11.0. The number of nitrogens with two attached hydrogens (primary N) is 2. The summed E-state index contributed by atoms with van der Waals surface area (Å²) in [6.45, 7) is 0.0263. The van der Waals surface area contributed by atoms with E-state index in [1.165, 1.54) is 10.8 Å². The molecule has 0 bridgehead atoms. The summed E-state index contributed by atoms with van der Waals surface area (Å²) in [7, 11) is 0. The first-order valence-electron chi connectivity index (χ1n) is 6.26. The summed E-state index contributed by atoms with van der Waals surface area (Å²) in [5, 5.41) is 18.8. The normalized spacial score (nSPS) is 26.4. The second-order valence-electron chi connectivity index (χ2n) is 4.52. The van der Waals surface area contributed by atoms with Gasteiger partial charge in [-0.2, -0.15) is 4.98 Å². The van der Waals surface area contributed by atoms with Crippen molar-refractivity contribution >= 4 is 11.9 Å². The molecule has 0 saturated carbocycles. The fourth-order valence-corrected chi connectivity index (χ4v) is 2.08. The Hall–Kier alpha value is -1.74. The molecule has 6 N–H and O–H groups in total. The van der Waals surface area contributed by atoms with E-state index in [9.17, 15) is 9.90 Å². The SMILES string of the molecule is NCC=Cc1cn([C@H]2C[C@@H](O)[C@@H](CO)O2)c(=O)nc1N. The maximum atomic E-state index is 11.9. The van der Waals surface area contributed by atoms with E-state index in [2.05, 4.69) is 4.98 Å². The molecule has 0 unspecified atom stereocenters. The highest BCUT2D eigenvalue weighted by molar-refractivity contribution is 5.59. The topological polar surface area (TPSA) is 137 Å². The molecule has 1 aliphatic rings. The van der Waals surface area contributed by atoms with Crippen LogP contribution in [-0.4, -0.2) is 45.1 Å². The van der Waals surface area contributed by atoms with Crippen molar-refractivity contribution in [2.24, 2.45) is 5.73 Å². The van der Waals surface area contributed by atoms with Crippen LogP contribution in [0.15, 0.2) is 17.1 Å². The molecule has 1 aromatic rings.